The minimum absolute atomic E-state index is 0.618. The zero-order chi connectivity index (χ0) is 14.1. The second kappa shape index (κ2) is 8.86. The van der Waals surface area contributed by atoms with Gasteiger partial charge >= 0.3 is 0 Å². The first kappa shape index (κ1) is 16.8. The third-order valence-electron chi connectivity index (χ3n) is 3.78. The first-order valence-corrected chi connectivity index (χ1v) is 8.88. The summed E-state index contributed by atoms with van der Waals surface area (Å²) in [6.07, 6.45) is 13.2. The van der Waals surface area contributed by atoms with E-state index in [1.54, 1.807) is 0 Å². The molecule has 0 fully saturated rings. The van der Waals surface area contributed by atoms with Crippen LogP contribution in [0.15, 0.2) is 23.3 Å². The van der Waals surface area contributed by atoms with E-state index in [2.05, 4.69) is 26.0 Å². The van der Waals surface area contributed by atoms with Gasteiger partial charge in [-0.2, -0.15) is 11.8 Å². The molecule has 0 heterocycles. The summed E-state index contributed by atoms with van der Waals surface area (Å²) in [5.74, 6) is 2.20. The van der Waals surface area contributed by atoms with E-state index in [4.69, 9.17) is 0 Å². The second-order valence-corrected chi connectivity index (χ2v) is 7.08. The third kappa shape index (κ3) is 6.67. The summed E-state index contributed by atoms with van der Waals surface area (Å²) in [6.45, 7) is 6.29. The van der Waals surface area contributed by atoms with Crippen LogP contribution in [0.25, 0.3) is 0 Å². The van der Waals surface area contributed by atoms with Crippen LogP contribution in [0.5, 0.6) is 0 Å². The van der Waals surface area contributed by atoms with Crippen molar-refractivity contribution < 1.29 is 5.11 Å². The molecule has 0 aromatic carbocycles. The average Bonchev–Trinajstić information content (AvgIpc) is 2.34. The smallest absolute Gasteiger partial charge is 0.0876 e. The van der Waals surface area contributed by atoms with Gasteiger partial charge in [0, 0.05) is 12.2 Å². The number of unbranched alkanes of at least 4 members (excludes halogenated alkanes) is 5. The molecule has 1 nitrogen and oxygen atoms in total. The van der Waals surface area contributed by atoms with Crippen molar-refractivity contribution >= 4 is 11.8 Å². The molecule has 1 N–H and O–H groups in total. The van der Waals surface area contributed by atoms with Crippen molar-refractivity contribution in [3.8, 4) is 0 Å². The molecule has 2 heteroatoms. The summed E-state index contributed by atoms with van der Waals surface area (Å²) >= 11 is 1.97. The van der Waals surface area contributed by atoms with Crippen LogP contribution in [-0.4, -0.2) is 22.2 Å². The van der Waals surface area contributed by atoms with E-state index >= 15 is 0 Å². The standard InChI is InChI=1S/C17H30OS/c1-4-5-6-7-8-9-12-19-14-16-11-10-15(2)13-17(16,3)18/h10-11,18H,4-9,12-14H2,1-3H3. The molecule has 0 bridgehead atoms. The van der Waals surface area contributed by atoms with Gasteiger partial charge in [-0.3, -0.25) is 0 Å². The van der Waals surface area contributed by atoms with Gasteiger partial charge in [0.2, 0.25) is 0 Å². The van der Waals surface area contributed by atoms with Crippen molar-refractivity contribution in [2.45, 2.75) is 71.3 Å². The van der Waals surface area contributed by atoms with E-state index in [1.165, 1.54) is 55.4 Å². The van der Waals surface area contributed by atoms with Crippen LogP contribution in [-0.2, 0) is 0 Å². The Morgan fingerprint density at radius 2 is 1.84 bits per heavy atom. The van der Waals surface area contributed by atoms with Gasteiger partial charge in [-0.05, 0) is 31.6 Å². The third-order valence-corrected chi connectivity index (χ3v) is 4.88. The number of hydrogen-bond donors (Lipinski definition) is 1. The van der Waals surface area contributed by atoms with E-state index in [1.807, 2.05) is 18.7 Å². The van der Waals surface area contributed by atoms with Crippen LogP contribution in [0.2, 0.25) is 0 Å². The predicted octanol–water partition coefficient (Wildman–Crippen LogP) is 5.11. The lowest BCUT2D eigenvalue weighted by molar-refractivity contribution is 0.0981. The van der Waals surface area contributed by atoms with Crippen molar-refractivity contribution in [1.82, 2.24) is 0 Å². The highest BCUT2D eigenvalue weighted by molar-refractivity contribution is 7.99. The molecule has 1 atom stereocenters. The average molecular weight is 282 g/mol. The lowest BCUT2D eigenvalue weighted by Crippen LogP contribution is -2.30. The summed E-state index contributed by atoms with van der Waals surface area (Å²) in [7, 11) is 0. The lowest BCUT2D eigenvalue weighted by atomic mass is 9.86. The summed E-state index contributed by atoms with van der Waals surface area (Å²) < 4.78 is 0. The van der Waals surface area contributed by atoms with E-state index in [0.29, 0.717) is 0 Å². The van der Waals surface area contributed by atoms with E-state index in [-0.39, 0.29) is 0 Å². The van der Waals surface area contributed by atoms with Gasteiger partial charge in [-0.25, -0.2) is 0 Å². The molecule has 0 saturated carbocycles. The Morgan fingerprint density at radius 1 is 1.16 bits per heavy atom. The van der Waals surface area contributed by atoms with E-state index in [9.17, 15) is 5.11 Å². The number of thioether (sulfide) groups is 1. The van der Waals surface area contributed by atoms with Crippen LogP contribution in [0.1, 0.15) is 65.7 Å². The molecular weight excluding hydrogens is 252 g/mol. The van der Waals surface area contributed by atoms with Crippen LogP contribution >= 0.6 is 11.8 Å². The molecule has 0 aliphatic heterocycles. The van der Waals surface area contributed by atoms with Crippen LogP contribution in [0.3, 0.4) is 0 Å². The minimum Gasteiger partial charge on any atom is -0.385 e. The fourth-order valence-corrected chi connectivity index (χ4v) is 3.69. The van der Waals surface area contributed by atoms with Crippen molar-refractivity contribution in [3.05, 3.63) is 23.3 Å². The van der Waals surface area contributed by atoms with Gasteiger partial charge in [0.15, 0.2) is 0 Å². The Hall–Kier alpha value is -0.210. The Kier molecular flexibility index (Phi) is 7.86. The quantitative estimate of drug-likeness (QED) is 0.593. The van der Waals surface area contributed by atoms with E-state index < -0.39 is 5.60 Å². The molecule has 1 aliphatic carbocycles. The van der Waals surface area contributed by atoms with Crippen molar-refractivity contribution in [2.24, 2.45) is 0 Å². The summed E-state index contributed by atoms with van der Waals surface area (Å²) in [5, 5.41) is 10.4. The van der Waals surface area contributed by atoms with Crippen LogP contribution in [0.4, 0.5) is 0 Å². The molecule has 110 valence electrons. The normalized spacial score (nSPS) is 23.2. The highest BCUT2D eigenvalue weighted by Crippen LogP contribution is 2.31. The van der Waals surface area contributed by atoms with Crippen molar-refractivity contribution in [2.75, 3.05) is 11.5 Å². The first-order valence-electron chi connectivity index (χ1n) is 7.73. The molecule has 0 saturated heterocycles. The molecule has 0 spiro atoms. The fourth-order valence-electron chi connectivity index (χ4n) is 2.51. The maximum absolute atomic E-state index is 10.4. The summed E-state index contributed by atoms with van der Waals surface area (Å²) in [4.78, 5) is 0. The molecule has 1 unspecified atom stereocenters. The van der Waals surface area contributed by atoms with E-state index in [0.717, 1.165) is 12.2 Å². The van der Waals surface area contributed by atoms with Gasteiger partial charge in [-0.1, -0.05) is 56.8 Å². The van der Waals surface area contributed by atoms with Crippen molar-refractivity contribution in [1.29, 1.82) is 0 Å². The highest BCUT2D eigenvalue weighted by Gasteiger charge is 2.27. The van der Waals surface area contributed by atoms with Gasteiger partial charge in [0.05, 0.1) is 5.60 Å². The minimum atomic E-state index is -0.618. The lowest BCUT2D eigenvalue weighted by Gasteiger charge is -2.29. The topological polar surface area (TPSA) is 20.2 Å². The first-order chi connectivity index (χ1) is 9.06. The summed E-state index contributed by atoms with van der Waals surface area (Å²) in [5.41, 5.74) is 1.84. The molecule has 0 radical (unpaired) electrons. The van der Waals surface area contributed by atoms with Gasteiger partial charge in [0.25, 0.3) is 0 Å². The summed E-state index contributed by atoms with van der Waals surface area (Å²) in [6, 6.07) is 0. The molecule has 0 amide bonds. The number of hydrogen-bond acceptors (Lipinski definition) is 2. The molecule has 1 aliphatic rings. The monoisotopic (exact) mass is 282 g/mol. The molecule has 19 heavy (non-hydrogen) atoms. The molecular formula is C17H30OS. The SMILES string of the molecule is CCCCCCCCSCC1=CC=C(C)CC1(C)O. The maximum Gasteiger partial charge on any atom is 0.0876 e. The Morgan fingerprint density at radius 3 is 2.53 bits per heavy atom. The molecule has 0 aromatic rings. The second-order valence-electron chi connectivity index (χ2n) is 5.98. The zero-order valence-electron chi connectivity index (χ0n) is 12.9. The van der Waals surface area contributed by atoms with Gasteiger partial charge < -0.3 is 5.11 Å². The highest BCUT2D eigenvalue weighted by atomic mass is 32.2. The van der Waals surface area contributed by atoms with Gasteiger partial charge in [0.1, 0.15) is 0 Å². The number of allylic oxidation sites excluding steroid dienone is 2. The maximum atomic E-state index is 10.4. The molecule has 1 rings (SSSR count). The zero-order valence-corrected chi connectivity index (χ0v) is 13.7. The fraction of sp³-hybridized carbons (Fsp3) is 0.765. The van der Waals surface area contributed by atoms with Gasteiger partial charge in [-0.15, -0.1) is 0 Å². The van der Waals surface area contributed by atoms with Crippen LogP contribution in [0, 0.1) is 0 Å². The Labute approximate surface area is 123 Å². The largest absolute Gasteiger partial charge is 0.385 e. The van der Waals surface area contributed by atoms with Crippen LogP contribution < -0.4 is 0 Å². The van der Waals surface area contributed by atoms with Crippen molar-refractivity contribution in [3.63, 3.8) is 0 Å². The predicted molar refractivity (Wildman–Crippen MR) is 87.8 cm³/mol. The number of rotatable bonds is 9. The number of aliphatic hydroxyl groups is 1. The Balaban J connectivity index is 2.12. The Bertz CT molecular complexity index is 315. The molecule has 0 aromatic heterocycles.